The Bertz CT molecular complexity index is 245. The summed E-state index contributed by atoms with van der Waals surface area (Å²) >= 11 is 0. The molecule has 0 aliphatic heterocycles. The van der Waals surface area contributed by atoms with E-state index in [9.17, 15) is 5.11 Å². The highest BCUT2D eigenvalue weighted by molar-refractivity contribution is 5.38. The first-order valence-electron chi connectivity index (χ1n) is 3.29. The molecule has 1 aromatic rings. The van der Waals surface area contributed by atoms with Crippen molar-refractivity contribution in [2.24, 2.45) is 0 Å². The Morgan fingerprint density at radius 3 is 2.36 bits per heavy atom. The summed E-state index contributed by atoms with van der Waals surface area (Å²) in [5.41, 5.74) is 0.787. The average molecular weight is 153 g/mol. The molecule has 11 heavy (non-hydrogen) atoms. The van der Waals surface area contributed by atoms with Gasteiger partial charge in [0.05, 0.1) is 13.2 Å². The third kappa shape index (κ3) is 1.50. The van der Waals surface area contributed by atoms with Crippen molar-refractivity contribution >= 4 is 0 Å². The van der Waals surface area contributed by atoms with E-state index in [1.807, 2.05) is 0 Å². The second-order valence-corrected chi connectivity index (χ2v) is 2.21. The van der Waals surface area contributed by atoms with Crippen LogP contribution in [0.3, 0.4) is 0 Å². The van der Waals surface area contributed by atoms with Gasteiger partial charge in [-0.25, -0.2) is 0 Å². The Hall–Kier alpha value is -1.06. The molecule has 0 unspecified atom stereocenters. The van der Waals surface area contributed by atoms with E-state index in [0.29, 0.717) is 5.56 Å². The summed E-state index contributed by atoms with van der Waals surface area (Å²) < 4.78 is 0. The first kappa shape index (κ1) is 8.04. The minimum absolute atomic E-state index is 0.202. The van der Waals surface area contributed by atoms with Gasteiger partial charge in [0.2, 0.25) is 0 Å². The molecule has 0 saturated heterocycles. The van der Waals surface area contributed by atoms with E-state index in [4.69, 9.17) is 10.2 Å². The average Bonchev–Trinajstić information content (AvgIpc) is 2.04. The predicted molar refractivity (Wildman–Crippen MR) is 38.4 cm³/mol. The maximum atomic E-state index is 11.0. The summed E-state index contributed by atoms with van der Waals surface area (Å²) in [5, 5.41) is 28.4. The van der Waals surface area contributed by atoms with E-state index in [1.54, 1.807) is 12.1 Å². The number of aliphatic hydroxyl groups excluding tert-OH is 2. The van der Waals surface area contributed by atoms with Crippen LogP contribution in [0, 0.1) is 0 Å². The zero-order valence-electron chi connectivity index (χ0n) is 5.95. The quantitative estimate of drug-likeness (QED) is 0.660. The molecule has 2 N–H and O–H groups in total. The highest BCUT2D eigenvalue weighted by atomic mass is 16.3. The monoisotopic (exact) mass is 153 g/mol. The van der Waals surface area contributed by atoms with Gasteiger partial charge in [0.15, 0.2) is 5.75 Å². The fourth-order valence-electron chi connectivity index (χ4n) is 0.939. The molecular weight excluding hydrogens is 144 g/mol. The molecular formula is C8H9O3. The predicted octanol–water partition coefficient (Wildman–Crippen LogP) is 0.815. The number of rotatable bonds is 2. The number of benzene rings is 1. The zero-order chi connectivity index (χ0) is 8.27. The van der Waals surface area contributed by atoms with Crippen molar-refractivity contribution in [1.29, 1.82) is 0 Å². The van der Waals surface area contributed by atoms with Crippen LogP contribution < -0.4 is 0 Å². The highest BCUT2D eigenvalue weighted by Gasteiger charge is 2.05. The molecule has 0 atom stereocenters. The van der Waals surface area contributed by atoms with Crippen molar-refractivity contribution < 1.29 is 15.3 Å². The molecule has 3 nitrogen and oxygen atoms in total. The van der Waals surface area contributed by atoms with Crippen LogP contribution in [0.1, 0.15) is 11.1 Å². The van der Waals surface area contributed by atoms with Crippen LogP contribution in [0.25, 0.3) is 0 Å². The minimum Gasteiger partial charge on any atom is -0.392 e. The Morgan fingerprint density at radius 1 is 1.18 bits per heavy atom. The van der Waals surface area contributed by atoms with E-state index in [2.05, 4.69) is 0 Å². The lowest BCUT2D eigenvalue weighted by atomic mass is 10.1. The Labute approximate surface area is 64.5 Å². The summed E-state index contributed by atoms with van der Waals surface area (Å²) in [5.74, 6) is -0.223. The minimum atomic E-state index is -0.310. The molecule has 0 bridgehead atoms. The third-order valence-corrected chi connectivity index (χ3v) is 1.56. The van der Waals surface area contributed by atoms with Gasteiger partial charge in [0.25, 0.3) is 0 Å². The molecule has 3 heteroatoms. The van der Waals surface area contributed by atoms with Crippen LogP contribution in [0.4, 0.5) is 0 Å². The van der Waals surface area contributed by atoms with E-state index >= 15 is 0 Å². The maximum absolute atomic E-state index is 11.0. The Balaban J connectivity index is 3.13. The van der Waals surface area contributed by atoms with Gasteiger partial charge in [-0.1, -0.05) is 12.1 Å². The molecule has 0 amide bonds. The smallest absolute Gasteiger partial charge is 0.184 e. The van der Waals surface area contributed by atoms with E-state index < -0.39 is 0 Å². The molecule has 0 aliphatic carbocycles. The van der Waals surface area contributed by atoms with Crippen LogP contribution in [-0.2, 0) is 18.3 Å². The third-order valence-electron chi connectivity index (χ3n) is 1.56. The lowest BCUT2D eigenvalue weighted by molar-refractivity contribution is 0.248. The normalized spacial score (nSPS) is 10.0. The number of hydrogen-bond donors (Lipinski definition) is 2. The molecule has 0 fully saturated rings. The second-order valence-electron chi connectivity index (χ2n) is 2.21. The van der Waals surface area contributed by atoms with Crippen molar-refractivity contribution in [1.82, 2.24) is 0 Å². The lowest BCUT2D eigenvalue weighted by Crippen LogP contribution is -1.92. The molecule has 0 aliphatic rings. The van der Waals surface area contributed by atoms with Crippen molar-refractivity contribution in [3.05, 3.63) is 29.3 Å². The summed E-state index contributed by atoms with van der Waals surface area (Å²) in [4.78, 5) is 0. The fraction of sp³-hybridized carbons (Fsp3) is 0.250. The van der Waals surface area contributed by atoms with Gasteiger partial charge in [-0.05, 0) is 11.6 Å². The van der Waals surface area contributed by atoms with Crippen LogP contribution in [0.2, 0.25) is 0 Å². The van der Waals surface area contributed by atoms with E-state index in [0.717, 1.165) is 0 Å². The first-order valence-corrected chi connectivity index (χ1v) is 3.29. The molecule has 1 radical (unpaired) electrons. The second kappa shape index (κ2) is 3.37. The first-order chi connectivity index (χ1) is 5.29. The summed E-state index contributed by atoms with van der Waals surface area (Å²) in [6, 6.07) is 4.55. The van der Waals surface area contributed by atoms with Gasteiger partial charge in [0, 0.05) is 5.56 Å². The van der Waals surface area contributed by atoms with Crippen LogP contribution in [0.15, 0.2) is 18.2 Å². The van der Waals surface area contributed by atoms with E-state index in [-0.39, 0.29) is 24.5 Å². The van der Waals surface area contributed by atoms with Crippen LogP contribution in [-0.4, -0.2) is 10.2 Å². The van der Waals surface area contributed by atoms with E-state index in [1.165, 1.54) is 6.07 Å². The Morgan fingerprint density at radius 2 is 1.91 bits per heavy atom. The molecule has 0 saturated carbocycles. The standard InChI is InChI=1S/C8H9O3/c9-4-6-2-1-3-8(11)7(6)5-10/h1-3,9-10H,4-5H2. The van der Waals surface area contributed by atoms with Crippen LogP contribution >= 0.6 is 0 Å². The Kier molecular flexibility index (Phi) is 2.46. The summed E-state index contributed by atoms with van der Waals surface area (Å²) in [7, 11) is 0. The van der Waals surface area contributed by atoms with Crippen molar-refractivity contribution in [2.45, 2.75) is 13.2 Å². The van der Waals surface area contributed by atoms with Gasteiger partial charge in [-0.2, -0.15) is 0 Å². The van der Waals surface area contributed by atoms with Crippen molar-refractivity contribution in [3.63, 3.8) is 0 Å². The molecule has 1 aromatic carbocycles. The van der Waals surface area contributed by atoms with Gasteiger partial charge in [-0.3, -0.25) is 5.11 Å². The SMILES string of the molecule is [O]c1cccc(CO)c1CO. The molecule has 0 aromatic heterocycles. The maximum Gasteiger partial charge on any atom is 0.184 e. The van der Waals surface area contributed by atoms with Gasteiger partial charge < -0.3 is 10.2 Å². The molecule has 0 spiro atoms. The van der Waals surface area contributed by atoms with Gasteiger partial charge >= 0.3 is 0 Å². The van der Waals surface area contributed by atoms with Crippen molar-refractivity contribution in [2.75, 3.05) is 0 Å². The van der Waals surface area contributed by atoms with Crippen molar-refractivity contribution in [3.8, 4) is 5.75 Å². The largest absolute Gasteiger partial charge is 0.392 e. The lowest BCUT2D eigenvalue weighted by Gasteiger charge is -2.03. The number of aliphatic hydroxyl groups is 2. The molecule has 0 heterocycles. The highest BCUT2D eigenvalue weighted by Crippen LogP contribution is 2.21. The zero-order valence-corrected chi connectivity index (χ0v) is 5.95. The van der Waals surface area contributed by atoms with Gasteiger partial charge in [0.1, 0.15) is 0 Å². The van der Waals surface area contributed by atoms with Crippen LogP contribution in [0.5, 0.6) is 5.75 Å². The molecule has 1 rings (SSSR count). The summed E-state index contributed by atoms with van der Waals surface area (Å²) in [6.45, 7) is -0.512. The summed E-state index contributed by atoms with van der Waals surface area (Å²) in [6.07, 6.45) is 0. The topological polar surface area (TPSA) is 60.4 Å². The molecule has 59 valence electrons. The fourth-order valence-corrected chi connectivity index (χ4v) is 0.939. The van der Waals surface area contributed by atoms with Gasteiger partial charge in [-0.15, -0.1) is 0 Å². The number of hydrogen-bond acceptors (Lipinski definition) is 2.